The monoisotopic (exact) mass is 893 g/mol. The van der Waals surface area contributed by atoms with Gasteiger partial charge in [0.05, 0.1) is 18.2 Å². The van der Waals surface area contributed by atoms with Crippen molar-refractivity contribution in [3.05, 3.63) is 177 Å². The maximum atomic E-state index is 13.8. The molecular formula is C52H55N5O9. The van der Waals surface area contributed by atoms with Crippen LogP contribution in [0.15, 0.2) is 138 Å². The number of aromatic hydroxyl groups is 1. The Labute approximate surface area is 382 Å². The van der Waals surface area contributed by atoms with Gasteiger partial charge < -0.3 is 45.7 Å². The molecule has 14 heteroatoms. The van der Waals surface area contributed by atoms with E-state index in [9.17, 15) is 34.5 Å². The van der Waals surface area contributed by atoms with Gasteiger partial charge in [-0.3, -0.25) is 19.3 Å². The molecule has 66 heavy (non-hydrogen) atoms. The number of phenolic OH excluding ortho intramolecular Hbond substituents is 1. The summed E-state index contributed by atoms with van der Waals surface area (Å²) in [5.74, 6) is -0.933. The van der Waals surface area contributed by atoms with E-state index < -0.39 is 17.7 Å². The highest BCUT2D eigenvalue weighted by atomic mass is 16.5. The van der Waals surface area contributed by atoms with Crippen molar-refractivity contribution in [2.45, 2.75) is 62.6 Å². The fourth-order valence-electron chi connectivity index (χ4n) is 8.67. The number of carbonyl (C=O) groups excluding carboxylic acids is 3. The molecule has 2 amide bonds. The lowest BCUT2D eigenvalue weighted by atomic mass is 9.86. The van der Waals surface area contributed by atoms with Crippen LogP contribution in [0.25, 0.3) is 10.9 Å². The highest BCUT2D eigenvalue weighted by Gasteiger charge is 2.42. The predicted octanol–water partition coefficient (Wildman–Crippen LogP) is 5.20. The molecule has 6 aromatic rings. The number of amides is 2. The zero-order valence-electron chi connectivity index (χ0n) is 36.5. The topological polar surface area (TPSA) is 203 Å². The summed E-state index contributed by atoms with van der Waals surface area (Å²) in [6, 6.07) is 38.4. The largest absolute Gasteiger partial charge is 0.506 e. The third-order valence-electron chi connectivity index (χ3n) is 12.5. The molecule has 1 aliphatic carbocycles. The van der Waals surface area contributed by atoms with Crippen LogP contribution in [0, 0.1) is 5.92 Å². The van der Waals surface area contributed by atoms with Crippen molar-refractivity contribution in [3.8, 4) is 11.5 Å². The molecule has 14 nitrogen and oxygen atoms in total. The van der Waals surface area contributed by atoms with Crippen molar-refractivity contribution < 1.29 is 39.2 Å². The summed E-state index contributed by atoms with van der Waals surface area (Å²) >= 11 is 0. The van der Waals surface area contributed by atoms with Crippen LogP contribution in [0.4, 0.5) is 0 Å². The van der Waals surface area contributed by atoms with Gasteiger partial charge in [-0.1, -0.05) is 91.0 Å². The normalized spacial score (nSPS) is 17.8. The molecule has 2 aliphatic rings. The molecule has 2 atom stereocenters. The number of esters is 1. The van der Waals surface area contributed by atoms with Gasteiger partial charge in [-0.2, -0.15) is 0 Å². The summed E-state index contributed by atoms with van der Waals surface area (Å²) in [5, 5.41) is 42.8. The van der Waals surface area contributed by atoms with Gasteiger partial charge in [-0.05, 0) is 103 Å². The molecule has 0 bridgehead atoms. The highest BCUT2D eigenvalue weighted by Crippen LogP contribution is 2.34. The van der Waals surface area contributed by atoms with Crippen LogP contribution >= 0.6 is 0 Å². The average Bonchev–Trinajstić information content (AvgIpc) is 3.33. The number of nitrogens with one attached hydrogen (secondary N) is 4. The number of hydrogen-bond donors (Lipinski definition) is 7. The number of H-pyrrole nitrogens is 1. The highest BCUT2D eigenvalue weighted by molar-refractivity contribution is 5.94. The zero-order valence-corrected chi connectivity index (χ0v) is 36.5. The van der Waals surface area contributed by atoms with E-state index in [0.29, 0.717) is 47.2 Å². The van der Waals surface area contributed by atoms with Crippen LogP contribution in [0.3, 0.4) is 0 Å². The maximum absolute atomic E-state index is 13.8. The Balaban J connectivity index is 0.763. The lowest BCUT2D eigenvalue weighted by Gasteiger charge is -2.36. The number of piperidine rings is 1. The van der Waals surface area contributed by atoms with E-state index in [2.05, 4.69) is 38.0 Å². The number of nitrogens with zero attached hydrogens (tertiary/aromatic N) is 1. The lowest BCUT2D eigenvalue weighted by molar-refractivity contribution is -0.164. The number of carbonyl (C=O) groups is 3. The summed E-state index contributed by atoms with van der Waals surface area (Å²) in [7, 11) is 0. The number of rotatable bonds is 18. The fraction of sp³-hybridized carbons (Fsp3) is 0.308. The number of benzene rings is 5. The summed E-state index contributed by atoms with van der Waals surface area (Å²) in [6.45, 7) is 3.24. The Morgan fingerprint density at radius 2 is 1.48 bits per heavy atom. The molecule has 1 aromatic heterocycles. The van der Waals surface area contributed by atoms with E-state index >= 15 is 0 Å². The molecule has 1 saturated heterocycles. The van der Waals surface area contributed by atoms with Crippen LogP contribution in [0.1, 0.15) is 70.0 Å². The van der Waals surface area contributed by atoms with E-state index in [0.717, 1.165) is 38.0 Å². The van der Waals surface area contributed by atoms with Gasteiger partial charge in [0.1, 0.15) is 11.5 Å². The standard InChI is InChI=1S/C52H55N5O9/c58-45-20-18-43(44-19-21-47(60)56-49(44)45)46(59)30-53-29-34-14-16-37(17-15-34)50(62)55-41-27-40(28-41)54-48(61)33-65-42-13-7-12-39(26-42)52(64,38-10-5-2-6-11-38)51(63)66-32-36-22-24-57(25-23-36)31-35-8-3-1-4-9-35/h1-21,26,36,40-41,46,53,58-59,64H,22-25,27-33H2,(H,54,61)(H,55,62)(H,56,60)/t40?,41?,46?,52-/m0/s1. The van der Waals surface area contributed by atoms with Crippen molar-refractivity contribution in [1.29, 1.82) is 0 Å². The Hall–Kier alpha value is -6.84. The molecule has 2 fully saturated rings. The Morgan fingerprint density at radius 3 is 2.23 bits per heavy atom. The van der Waals surface area contributed by atoms with E-state index in [1.54, 1.807) is 78.9 Å². The third kappa shape index (κ3) is 11.1. The minimum absolute atomic E-state index is 0.0735. The van der Waals surface area contributed by atoms with Crippen molar-refractivity contribution in [3.63, 3.8) is 0 Å². The smallest absolute Gasteiger partial charge is 0.347 e. The van der Waals surface area contributed by atoms with Crippen LogP contribution in [0.2, 0.25) is 0 Å². The van der Waals surface area contributed by atoms with Crippen LogP contribution in [-0.2, 0) is 33.0 Å². The summed E-state index contributed by atoms with van der Waals surface area (Å²) < 4.78 is 11.7. The van der Waals surface area contributed by atoms with Gasteiger partial charge in [0.25, 0.3) is 11.8 Å². The van der Waals surface area contributed by atoms with E-state index in [1.165, 1.54) is 17.7 Å². The zero-order chi connectivity index (χ0) is 46.0. The first-order chi connectivity index (χ1) is 32.0. The maximum Gasteiger partial charge on any atom is 0.347 e. The molecule has 8 rings (SSSR count). The molecule has 342 valence electrons. The van der Waals surface area contributed by atoms with E-state index in [1.807, 2.05) is 30.3 Å². The van der Waals surface area contributed by atoms with Gasteiger partial charge in [0.2, 0.25) is 11.2 Å². The van der Waals surface area contributed by atoms with Gasteiger partial charge in [-0.25, -0.2) is 4.79 Å². The van der Waals surface area contributed by atoms with Crippen molar-refractivity contribution in [2.24, 2.45) is 5.92 Å². The number of aliphatic hydroxyl groups excluding tert-OH is 1. The quantitative estimate of drug-likeness (QED) is 0.0559. The Bertz CT molecular complexity index is 2670. The van der Waals surface area contributed by atoms with Gasteiger partial charge in [0, 0.05) is 54.3 Å². The van der Waals surface area contributed by atoms with Crippen LogP contribution < -0.4 is 26.2 Å². The second-order valence-electron chi connectivity index (χ2n) is 17.2. The van der Waals surface area contributed by atoms with Crippen molar-refractivity contribution in [1.82, 2.24) is 25.8 Å². The number of fused-ring (bicyclic) bond motifs is 1. The number of hydrogen-bond acceptors (Lipinski definition) is 11. The molecule has 1 aliphatic heterocycles. The first kappa shape index (κ1) is 45.7. The molecule has 7 N–H and O–H groups in total. The number of phenols is 1. The lowest BCUT2D eigenvalue weighted by Crippen LogP contribution is -2.54. The third-order valence-corrected chi connectivity index (χ3v) is 12.5. The Kier molecular flexibility index (Phi) is 14.5. The van der Waals surface area contributed by atoms with Gasteiger partial charge in [-0.15, -0.1) is 0 Å². The predicted molar refractivity (Wildman–Crippen MR) is 249 cm³/mol. The number of ether oxygens (including phenoxy) is 2. The van der Waals surface area contributed by atoms with E-state index in [-0.39, 0.29) is 72.0 Å². The number of aromatic amines is 1. The minimum atomic E-state index is -2.11. The average molecular weight is 894 g/mol. The van der Waals surface area contributed by atoms with Crippen LogP contribution in [0.5, 0.6) is 11.5 Å². The molecule has 2 heterocycles. The number of aromatic nitrogens is 1. The van der Waals surface area contributed by atoms with Gasteiger partial charge >= 0.3 is 5.97 Å². The van der Waals surface area contributed by atoms with E-state index in [4.69, 9.17) is 9.47 Å². The molecule has 0 spiro atoms. The number of pyridine rings is 1. The SMILES string of the molecule is O=C(COc1cccc([C@](O)(C(=O)OCC2CCN(Cc3ccccc3)CC2)c2ccccc2)c1)NC1CC(NC(=O)c2ccc(CNCC(O)c3ccc(O)c4[nH]c(=O)ccc34)cc2)C1. The first-order valence-electron chi connectivity index (χ1n) is 22.4. The van der Waals surface area contributed by atoms with Crippen molar-refractivity contribution in [2.75, 3.05) is 32.8 Å². The summed E-state index contributed by atoms with van der Waals surface area (Å²) in [6.07, 6.45) is 1.98. The second-order valence-corrected chi connectivity index (χ2v) is 17.2. The number of aliphatic hydroxyl groups is 2. The number of likely N-dealkylation sites (tertiary alicyclic amines) is 1. The molecule has 0 radical (unpaired) electrons. The molecule has 5 aromatic carbocycles. The molecular weight excluding hydrogens is 839 g/mol. The molecule has 1 unspecified atom stereocenters. The summed E-state index contributed by atoms with van der Waals surface area (Å²) in [4.78, 5) is 56.5. The second kappa shape index (κ2) is 21.0. The molecule has 1 saturated carbocycles. The summed E-state index contributed by atoms with van der Waals surface area (Å²) in [5.41, 5.74) is 1.67. The Morgan fingerprint density at radius 1 is 0.788 bits per heavy atom. The minimum Gasteiger partial charge on any atom is -0.506 e. The fourth-order valence-corrected chi connectivity index (χ4v) is 8.67. The van der Waals surface area contributed by atoms with Crippen LogP contribution in [-0.4, -0.2) is 87.9 Å². The first-order valence-corrected chi connectivity index (χ1v) is 22.4. The van der Waals surface area contributed by atoms with Crippen molar-refractivity contribution >= 4 is 28.7 Å². The van der Waals surface area contributed by atoms with Gasteiger partial charge in [0.15, 0.2) is 6.61 Å².